The largest absolute Gasteiger partial charge is 0.375 e. The number of rotatable bonds is 6. The van der Waals surface area contributed by atoms with E-state index >= 15 is 0 Å². The molecule has 1 amide bonds. The summed E-state index contributed by atoms with van der Waals surface area (Å²) in [7, 11) is 1.53. The van der Waals surface area contributed by atoms with Crippen LogP contribution in [0.15, 0.2) is 42.5 Å². The summed E-state index contributed by atoms with van der Waals surface area (Å²) in [6.07, 6.45) is 4.39. The normalized spacial score (nSPS) is 22.0. The molecule has 5 nitrogen and oxygen atoms in total. The highest BCUT2D eigenvalue weighted by Gasteiger charge is 2.42. The van der Waals surface area contributed by atoms with Crippen molar-refractivity contribution in [2.45, 2.75) is 43.9 Å². The molecular weight excluding hydrogens is 352 g/mol. The summed E-state index contributed by atoms with van der Waals surface area (Å²) in [6.45, 7) is 3.82. The van der Waals surface area contributed by atoms with Crippen molar-refractivity contribution in [1.82, 2.24) is 10.2 Å². The van der Waals surface area contributed by atoms with E-state index in [2.05, 4.69) is 52.7 Å². The molecule has 0 radical (unpaired) electrons. The molecule has 2 fully saturated rings. The number of piperidine rings is 1. The Morgan fingerprint density at radius 3 is 2.79 bits per heavy atom. The van der Waals surface area contributed by atoms with Crippen molar-refractivity contribution >= 4 is 16.7 Å². The summed E-state index contributed by atoms with van der Waals surface area (Å²) < 4.78 is 11.3. The van der Waals surface area contributed by atoms with Gasteiger partial charge in [0, 0.05) is 33.3 Å². The molecule has 0 aromatic heterocycles. The van der Waals surface area contributed by atoms with Crippen molar-refractivity contribution in [2.75, 3.05) is 33.4 Å². The van der Waals surface area contributed by atoms with Gasteiger partial charge < -0.3 is 14.8 Å². The van der Waals surface area contributed by atoms with Crippen LogP contribution in [-0.4, -0.2) is 55.9 Å². The van der Waals surface area contributed by atoms with Gasteiger partial charge in [-0.15, -0.1) is 0 Å². The van der Waals surface area contributed by atoms with Crippen molar-refractivity contribution in [3.8, 4) is 0 Å². The van der Waals surface area contributed by atoms with Crippen LogP contribution in [0.5, 0.6) is 0 Å². The zero-order valence-corrected chi connectivity index (χ0v) is 16.7. The third-order valence-electron chi connectivity index (χ3n) is 6.18. The van der Waals surface area contributed by atoms with E-state index < -0.39 is 0 Å². The van der Waals surface area contributed by atoms with Gasteiger partial charge in [-0.1, -0.05) is 42.5 Å². The van der Waals surface area contributed by atoms with Crippen LogP contribution in [0.4, 0.5) is 0 Å². The summed E-state index contributed by atoms with van der Waals surface area (Å²) in [5.74, 6) is -0.0723. The standard InChI is InChI=1S/C23H30N2O3/c1-27-17-22(26)24-15-20-9-10-23(28-20)11-13-25(14-12-23)16-19-7-4-6-18-5-2-3-8-21(18)19/h2-8,20H,9-17H2,1H3,(H,24,26)/t20-/m1/s1. The number of hydrogen-bond donors (Lipinski definition) is 1. The highest BCUT2D eigenvalue weighted by molar-refractivity contribution is 5.85. The molecule has 150 valence electrons. The molecule has 2 aromatic carbocycles. The second-order valence-electron chi connectivity index (χ2n) is 8.11. The van der Waals surface area contributed by atoms with Crippen molar-refractivity contribution in [1.29, 1.82) is 0 Å². The second-order valence-corrected chi connectivity index (χ2v) is 8.11. The summed E-state index contributed by atoms with van der Waals surface area (Å²) in [4.78, 5) is 14.1. The van der Waals surface area contributed by atoms with Crippen LogP contribution in [0.2, 0.25) is 0 Å². The molecule has 5 heteroatoms. The number of carbonyl (C=O) groups is 1. The smallest absolute Gasteiger partial charge is 0.246 e. The van der Waals surface area contributed by atoms with Crippen molar-refractivity contribution in [3.63, 3.8) is 0 Å². The number of nitrogens with one attached hydrogen (secondary N) is 1. The van der Waals surface area contributed by atoms with Crippen molar-refractivity contribution in [2.24, 2.45) is 0 Å². The number of carbonyl (C=O) groups excluding carboxylic acids is 1. The fourth-order valence-electron chi connectivity index (χ4n) is 4.61. The Morgan fingerprint density at radius 1 is 1.18 bits per heavy atom. The molecule has 1 N–H and O–H groups in total. The maximum Gasteiger partial charge on any atom is 0.246 e. The van der Waals surface area contributed by atoms with Gasteiger partial charge in [-0.05, 0) is 42.0 Å². The number of methoxy groups -OCH3 is 1. The molecule has 2 aliphatic rings. The third-order valence-corrected chi connectivity index (χ3v) is 6.18. The lowest BCUT2D eigenvalue weighted by Crippen LogP contribution is -2.45. The van der Waals surface area contributed by atoms with E-state index in [0.717, 1.165) is 45.3 Å². The van der Waals surface area contributed by atoms with Crippen LogP contribution in [-0.2, 0) is 20.8 Å². The van der Waals surface area contributed by atoms with E-state index in [4.69, 9.17) is 9.47 Å². The first-order valence-corrected chi connectivity index (χ1v) is 10.3. The van der Waals surface area contributed by atoms with Crippen molar-refractivity contribution < 1.29 is 14.3 Å². The lowest BCUT2D eigenvalue weighted by molar-refractivity contribution is -0.126. The Bertz CT molecular complexity index is 809. The van der Waals surface area contributed by atoms with Crippen LogP contribution in [0.3, 0.4) is 0 Å². The van der Waals surface area contributed by atoms with E-state index in [9.17, 15) is 4.79 Å². The number of nitrogens with zero attached hydrogens (tertiary/aromatic N) is 1. The average molecular weight is 383 g/mol. The number of amides is 1. The predicted molar refractivity (Wildman–Crippen MR) is 110 cm³/mol. The maximum absolute atomic E-state index is 11.6. The second kappa shape index (κ2) is 8.60. The third kappa shape index (κ3) is 4.37. The summed E-state index contributed by atoms with van der Waals surface area (Å²) in [5, 5.41) is 5.57. The van der Waals surface area contributed by atoms with Crippen LogP contribution >= 0.6 is 0 Å². The van der Waals surface area contributed by atoms with Gasteiger partial charge in [0.2, 0.25) is 5.91 Å². The molecule has 1 atom stereocenters. The summed E-state index contributed by atoms with van der Waals surface area (Å²) in [6, 6.07) is 15.2. The van der Waals surface area contributed by atoms with E-state index in [1.54, 1.807) is 0 Å². The van der Waals surface area contributed by atoms with E-state index in [0.29, 0.717) is 6.54 Å². The number of hydrogen-bond acceptors (Lipinski definition) is 4. The van der Waals surface area contributed by atoms with Gasteiger partial charge in [0.15, 0.2) is 0 Å². The first kappa shape index (κ1) is 19.4. The summed E-state index contributed by atoms with van der Waals surface area (Å²) in [5.41, 5.74) is 1.41. The van der Waals surface area contributed by atoms with Crippen LogP contribution < -0.4 is 5.32 Å². The van der Waals surface area contributed by atoms with Gasteiger partial charge in [-0.2, -0.15) is 0 Å². The van der Waals surface area contributed by atoms with E-state index in [-0.39, 0.29) is 24.2 Å². The molecule has 0 aliphatic carbocycles. The molecule has 1 spiro atoms. The van der Waals surface area contributed by atoms with E-state index in [1.807, 2.05) is 0 Å². The van der Waals surface area contributed by atoms with Gasteiger partial charge in [0.1, 0.15) is 6.61 Å². The lowest BCUT2D eigenvalue weighted by atomic mass is 9.88. The molecule has 0 bridgehead atoms. The Kier molecular flexibility index (Phi) is 5.95. The molecule has 0 unspecified atom stereocenters. The minimum absolute atomic E-state index is 0.00586. The zero-order valence-electron chi connectivity index (χ0n) is 16.7. The first-order chi connectivity index (χ1) is 13.7. The van der Waals surface area contributed by atoms with Gasteiger partial charge in [-0.3, -0.25) is 9.69 Å². The number of benzene rings is 2. The Balaban J connectivity index is 1.29. The van der Waals surface area contributed by atoms with Crippen LogP contribution in [0, 0.1) is 0 Å². The lowest BCUT2D eigenvalue weighted by Gasteiger charge is -2.39. The molecule has 2 aromatic rings. The maximum atomic E-state index is 11.6. The fraction of sp³-hybridized carbons (Fsp3) is 0.522. The fourth-order valence-corrected chi connectivity index (χ4v) is 4.61. The monoisotopic (exact) mass is 382 g/mol. The minimum Gasteiger partial charge on any atom is -0.375 e. The van der Waals surface area contributed by atoms with Gasteiger partial charge in [-0.25, -0.2) is 0 Å². The van der Waals surface area contributed by atoms with Crippen LogP contribution in [0.1, 0.15) is 31.2 Å². The highest BCUT2D eigenvalue weighted by atomic mass is 16.5. The molecule has 28 heavy (non-hydrogen) atoms. The minimum atomic E-state index is -0.0723. The van der Waals surface area contributed by atoms with Crippen LogP contribution in [0.25, 0.3) is 10.8 Å². The SMILES string of the molecule is COCC(=O)NC[C@H]1CCC2(CCN(Cc3cccc4ccccc34)CC2)O1. The number of likely N-dealkylation sites (tertiary alicyclic amines) is 1. The van der Waals surface area contributed by atoms with Crippen molar-refractivity contribution in [3.05, 3.63) is 48.0 Å². The zero-order chi connectivity index (χ0) is 19.4. The number of ether oxygens (including phenoxy) is 2. The Morgan fingerprint density at radius 2 is 1.96 bits per heavy atom. The van der Waals surface area contributed by atoms with Gasteiger partial charge >= 0.3 is 0 Å². The quantitative estimate of drug-likeness (QED) is 0.834. The highest BCUT2D eigenvalue weighted by Crippen LogP contribution is 2.39. The van der Waals surface area contributed by atoms with E-state index in [1.165, 1.54) is 23.4 Å². The Hall–Kier alpha value is -1.95. The molecular formula is C23H30N2O3. The average Bonchev–Trinajstić information content (AvgIpc) is 3.12. The van der Waals surface area contributed by atoms with Gasteiger partial charge in [0.25, 0.3) is 0 Å². The van der Waals surface area contributed by atoms with Gasteiger partial charge in [0.05, 0.1) is 11.7 Å². The molecule has 4 rings (SSSR count). The molecule has 2 saturated heterocycles. The topological polar surface area (TPSA) is 50.8 Å². The number of fused-ring (bicyclic) bond motifs is 1. The predicted octanol–water partition coefficient (Wildman–Crippen LogP) is 3.12. The molecule has 2 heterocycles. The Labute approximate surface area is 167 Å². The molecule has 2 aliphatic heterocycles. The molecule has 0 saturated carbocycles. The first-order valence-electron chi connectivity index (χ1n) is 10.3. The summed E-state index contributed by atoms with van der Waals surface area (Å²) >= 11 is 0.